The number of aromatic nitrogens is 4. The summed E-state index contributed by atoms with van der Waals surface area (Å²) in [6, 6.07) is 10.8. The number of hydrogen-bond donors (Lipinski definition) is 0. The topological polar surface area (TPSA) is 63.2 Å². The third kappa shape index (κ3) is 5.35. The number of imidazole rings is 1. The van der Waals surface area contributed by atoms with Gasteiger partial charge < -0.3 is 13.9 Å². The molecule has 3 atom stereocenters. The molecule has 7 heteroatoms. The highest BCUT2D eigenvalue weighted by Crippen LogP contribution is 2.39. The molecule has 2 aliphatic rings. The zero-order chi connectivity index (χ0) is 24.4. The number of aryl methyl sites for hydroxylation is 1. The van der Waals surface area contributed by atoms with Crippen molar-refractivity contribution in [2.75, 3.05) is 37.6 Å². The minimum absolute atomic E-state index is 0.452. The van der Waals surface area contributed by atoms with Crippen LogP contribution >= 0.6 is 0 Å². The third-order valence-corrected chi connectivity index (χ3v) is 7.97. The molecule has 2 aromatic heterocycles. The number of piperazine rings is 1. The van der Waals surface area contributed by atoms with E-state index in [2.05, 4.69) is 82.2 Å². The number of rotatable bonds is 7. The number of benzene rings is 1. The lowest BCUT2D eigenvalue weighted by molar-refractivity contribution is 0.155. The van der Waals surface area contributed by atoms with Gasteiger partial charge in [0, 0.05) is 51.9 Å². The highest BCUT2D eigenvalue weighted by atomic mass is 16.4. The Hall–Kier alpha value is -2.93. The summed E-state index contributed by atoms with van der Waals surface area (Å²) in [5.41, 5.74) is 3.67. The van der Waals surface area contributed by atoms with Crippen molar-refractivity contribution in [3.05, 3.63) is 60.4 Å². The van der Waals surface area contributed by atoms with Crippen LogP contribution in [0.15, 0.2) is 58.9 Å². The summed E-state index contributed by atoms with van der Waals surface area (Å²) in [7, 11) is 1.94. The summed E-state index contributed by atoms with van der Waals surface area (Å²) in [4.78, 5) is 9.34. The second-order valence-corrected chi connectivity index (χ2v) is 10.6. The van der Waals surface area contributed by atoms with Gasteiger partial charge in [-0.05, 0) is 49.1 Å². The maximum Gasteiger partial charge on any atom is 0.265 e. The summed E-state index contributed by atoms with van der Waals surface area (Å²) in [6.45, 7) is 12.7. The van der Waals surface area contributed by atoms with Crippen LogP contribution in [-0.4, -0.2) is 57.4 Å². The molecule has 5 rings (SSSR count). The highest BCUT2D eigenvalue weighted by Gasteiger charge is 2.34. The lowest BCUT2D eigenvalue weighted by Gasteiger charge is -2.42. The normalized spacial score (nSPS) is 23.6. The minimum Gasteiger partial charge on any atom is -0.419 e. The molecule has 186 valence electrons. The molecule has 0 bridgehead atoms. The van der Waals surface area contributed by atoms with Gasteiger partial charge in [-0.2, -0.15) is 0 Å². The van der Waals surface area contributed by atoms with Crippen LogP contribution in [0.3, 0.4) is 0 Å². The number of anilines is 1. The first-order chi connectivity index (χ1) is 17.0. The van der Waals surface area contributed by atoms with E-state index in [1.165, 1.54) is 17.7 Å². The van der Waals surface area contributed by atoms with Crippen molar-refractivity contribution >= 4 is 5.69 Å². The molecule has 1 aliphatic heterocycles. The fourth-order valence-corrected chi connectivity index (χ4v) is 5.82. The van der Waals surface area contributed by atoms with Gasteiger partial charge in [0.25, 0.3) is 5.89 Å². The van der Waals surface area contributed by atoms with E-state index >= 15 is 0 Å². The van der Waals surface area contributed by atoms with Gasteiger partial charge in [-0.15, -0.1) is 10.2 Å². The van der Waals surface area contributed by atoms with Crippen molar-refractivity contribution < 1.29 is 4.42 Å². The van der Waals surface area contributed by atoms with Gasteiger partial charge in [-0.25, -0.2) is 4.98 Å². The van der Waals surface area contributed by atoms with Crippen LogP contribution in [0.4, 0.5) is 5.69 Å². The van der Waals surface area contributed by atoms with Crippen molar-refractivity contribution in [1.29, 1.82) is 0 Å². The van der Waals surface area contributed by atoms with Gasteiger partial charge in [0.15, 0.2) is 0 Å². The molecule has 0 N–H and O–H groups in total. The van der Waals surface area contributed by atoms with Crippen LogP contribution in [0.5, 0.6) is 0 Å². The fraction of sp³-hybridized carbons (Fsp3) is 0.536. The molecule has 7 nitrogen and oxygen atoms in total. The number of nitrogens with zero attached hydrogens (tertiary/aromatic N) is 6. The summed E-state index contributed by atoms with van der Waals surface area (Å²) >= 11 is 0. The summed E-state index contributed by atoms with van der Waals surface area (Å²) < 4.78 is 7.93. The van der Waals surface area contributed by atoms with E-state index < -0.39 is 0 Å². The first-order valence-electron chi connectivity index (χ1n) is 13.0. The molecular formula is C28H38N6O. The molecule has 1 fully saturated rings. The smallest absolute Gasteiger partial charge is 0.265 e. The van der Waals surface area contributed by atoms with Crippen LogP contribution in [0.1, 0.15) is 33.1 Å². The van der Waals surface area contributed by atoms with Gasteiger partial charge >= 0.3 is 0 Å². The molecule has 3 heterocycles. The SMILES string of the molecule is CC1=CC(CN2CCN(c3ccccc3)CC2)C(C(C)C)CC1Cc1nnc(-c2cncn2C)o1. The molecule has 1 saturated heterocycles. The van der Waals surface area contributed by atoms with Gasteiger partial charge in [0.05, 0.1) is 12.5 Å². The van der Waals surface area contributed by atoms with Crippen LogP contribution < -0.4 is 4.90 Å². The fourth-order valence-electron chi connectivity index (χ4n) is 5.82. The van der Waals surface area contributed by atoms with Crippen molar-refractivity contribution in [1.82, 2.24) is 24.6 Å². The minimum atomic E-state index is 0.452. The van der Waals surface area contributed by atoms with E-state index in [-0.39, 0.29) is 0 Å². The average molecular weight is 475 g/mol. The summed E-state index contributed by atoms with van der Waals surface area (Å²) in [6.07, 6.45) is 8.06. The standard InChI is InChI=1S/C28H38N6O/c1-20(2)25-15-22(16-27-30-31-28(35-27)26-17-29-19-32(26)4)21(3)14-23(25)18-33-10-12-34(13-11-33)24-8-6-5-7-9-24/h5-9,14,17,19-20,22-23,25H,10-13,15-16,18H2,1-4H3. The van der Waals surface area contributed by atoms with Crippen molar-refractivity contribution in [2.45, 2.75) is 33.6 Å². The van der Waals surface area contributed by atoms with E-state index in [1.54, 1.807) is 12.5 Å². The Bertz CT molecular complexity index is 1130. The lowest BCUT2D eigenvalue weighted by Crippen LogP contribution is -2.49. The van der Waals surface area contributed by atoms with E-state index in [1.807, 2.05) is 11.6 Å². The second kappa shape index (κ2) is 10.4. The molecule has 0 radical (unpaired) electrons. The number of para-hydroxylation sites is 1. The maximum atomic E-state index is 6.03. The van der Waals surface area contributed by atoms with Crippen LogP contribution in [0.2, 0.25) is 0 Å². The largest absolute Gasteiger partial charge is 0.419 e. The molecule has 0 spiro atoms. The van der Waals surface area contributed by atoms with Gasteiger partial charge in [-0.3, -0.25) is 4.90 Å². The Labute approximate surface area is 208 Å². The zero-order valence-corrected chi connectivity index (χ0v) is 21.5. The van der Waals surface area contributed by atoms with E-state index in [4.69, 9.17) is 4.42 Å². The number of hydrogen-bond acceptors (Lipinski definition) is 6. The predicted octanol–water partition coefficient (Wildman–Crippen LogP) is 4.69. The van der Waals surface area contributed by atoms with Gasteiger partial charge in [0.1, 0.15) is 5.69 Å². The van der Waals surface area contributed by atoms with Crippen molar-refractivity contribution in [3.8, 4) is 11.6 Å². The van der Waals surface area contributed by atoms with E-state index in [9.17, 15) is 0 Å². The Morgan fingerprint density at radius 2 is 1.83 bits per heavy atom. The molecule has 3 unspecified atom stereocenters. The Morgan fingerprint density at radius 1 is 1.06 bits per heavy atom. The highest BCUT2D eigenvalue weighted by molar-refractivity contribution is 5.46. The van der Waals surface area contributed by atoms with Gasteiger partial charge in [-0.1, -0.05) is 43.7 Å². The molecule has 3 aromatic rings. The first-order valence-corrected chi connectivity index (χ1v) is 13.0. The Kier molecular flexibility index (Phi) is 7.04. The van der Waals surface area contributed by atoms with E-state index in [0.29, 0.717) is 29.6 Å². The number of allylic oxidation sites excluding steroid dienone is 1. The Balaban J connectivity index is 1.22. The van der Waals surface area contributed by atoms with Crippen molar-refractivity contribution in [3.63, 3.8) is 0 Å². The molecule has 0 amide bonds. The maximum absolute atomic E-state index is 6.03. The molecule has 35 heavy (non-hydrogen) atoms. The molecule has 1 aromatic carbocycles. The van der Waals surface area contributed by atoms with Crippen LogP contribution in [0, 0.1) is 23.7 Å². The second-order valence-electron chi connectivity index (χ2n) is 10.6. The lowest BCUT2D eigenvalue weighted by atomic mass is 9.69. The van der Waals surface area contributed by atoms with E-state index in [0.717, 1.165) is 50.7 Å². The summed E-state index contributed by atoms with van der Waals surface area (Å²) in [5, 5.41) is 8.64. The quantitative estimate of drug-likeness (QED) is 0.463. The molecular weight excluding hydrogens is 436 g/mol. The van der Waals surface area contributed by atoms with Crippen molar-refractivity contribution in [2.24, 2.45) is 30.7 Å². The average Bonchev–Trinajstić information content (AvgIpc) is 3.50. The predicted molar refractivity (Wildman–Crippen MR) is 139 cm³/mol. The monoisotopic (exact) mass is 474 g/mol. The molecule has 0 saturated carbocycles. The first kappa shape index (κ1) is 23.8. The van der Waals surface area contributed by atoms with Gasteiger partial charge in [0.2, 0.25) is 5.89 Å². The third-order valence-electron chi connectivity index (χ3n) is 7.97. The van der Waals surface area contributed by atoms with Crippen LogP contribution in [0.25, 0.3) is 11.6 Å². The van der Waals surface area contributed by atoms with Crippen LogP contribution in [-0.2, 0) is 13.5 Å². The summed E-state index contributed by atoms with van der Waals surface area (Å²) in [5.74, 6) is 3.62. The molecule has 1 aliphatic carbocycles. The Morgan fingerprint density at radius 3 is 2.51 bits per heavy atom. The zero-order valence-electron chi connectivity index (χ0n) is 21.5.